The van der Waals surface area contributed by atoms with Crippen LogP contribution in [0.1, 0.15) is 12.0 Å². The molecule has 0 amide bonds. The molecule has 1 nitrogen and oxygen atoms in total. The van der Waals surface area contributed by atoms with Crippen LogP contribution >= 0.6 is 11.6 Å². The van der Waals surface area contributed by atoms with Crippen LogP contribution in [-0.4, -0.2) is 5.88 Å². The molecular weight excluding hydrogens is 218 g/mol. The Labute approximate surface area is 100 Å². The Balaban J connectivity index is 2.38. The van der Waals surface area contributed by atoms with Crippen molar-refractivity contribution in [2.75, 3.05) is 11.6 Å². The summed E-state index contributed by atoms with van der Waals surface area (Å²) >= 11 is 5.56. The van der Waals surface area contributed by atoms with Crippen molar-refractivity contribution in [3.05, 3.63) is 42.0 Å². The molecule has 0 saturated heterocycles. The molecule has 0 heterocycles. The minimum atomic E-state index is 0.580. The zero-order valence-corrected chi connectivity index (χ0v) is 9.59. The summed E-state index contributed by atoms with van der Waals surface area (Å²) in [6, 6.07) is 12.0. The summed E-state index contributed by atoms with van der Waals surface area (Å²) in [6.45, 7) is 0. The monoisotopic (exact) mass is 229 g/mol. The second-order valence-electron chi connectivity index (χ2n) is 3.56. The second-order valence-corrected chi connectivity index (χ2v) is 3.94. The lowest BCUT2D eigenvalue weighted by molar-refractivity contribution is 1.29. The van der Waals surface area contributed by atoms with Crippen molar-refractivity contribution < 1.29 is 0 Å². The first-order chi connectivity index (χ1) is 7.79. The highest BCUT2D eigenvalue weighted by atomic mass is 35.5. The Morgan fingerprint density at radius 3 is 2.62 bits per heavy atom. The molecule has 0 aromatic heterocycles. The maximum absolute atomic E-state index is 5.72. The first-order valence-electron chi connectivity index (χ1n) is 5.14. The molecule has 0 saturated carbocycles. The van der Waals surface area contributed by atoms with Crippen molar-refractivity contribution in [1.82, 2.24) is 0 Å². The lowest BCUT2D eigenvalue weighted by Gasteiger charge is -1.99. The normalized spacial score (nSPS) is 9.81. The Bertz CT molecular complexity index is 564. The number of nitrogens with two attached hydrogens (primary N) is 1. The smallest absolute Gasteiger partial charge is 0.0333 e. The van der Waals surface area contributed by atoms with E-state index >= 15 is 0 Å². The Morgan fingerprint density at radius 2 is 1.81 bits per heavy atom. The average Bonchev–Trinajstić information content (AvgIpc) is 2.29. The molecule has 0 aliphatic carbocycles. The van der Waals surface area contributed by atoms with E-state index in [1.165, 1.54) is 0 Å². The number of benzene rings is 2. The summed E-state index contributed by atoms with van der Waals surface area (Å²) in [5, 5.41) is 2.30. The zero-order chi connectivity index (χ0) is 11.4. The van der Waals surface area contributed by atoms with E-state index in [1.54, 1.807) is 0 Å². The summed E-state index contributed by atoms with van der Waals surface area (Å²) in [4.78, 5) is 0. The molecule has 80 valence electrons. The van der Waals surface area contributed by atoms with Crippen LogP contribution in [0.15, 0.2) is 36.4 Å². The van der Waals surface area contributed by atoms with Gasteiger partial charge in [-0.25, -0.2) is 0 Å². The van der Waals surface area contributed by atoms with Gasteiger partial charge in [-0.15, -0.1) is 11.6 Å². The summed E-state index contributed by atoms with van der Waals surface area (Å²) < 4.78 is 0. The predicted octanol–water partition coefficient (Wildman–Crippen LogP) is 3.40. The van der Waals surface area contributed by atoms with Gasteiger partial charge in [0.1, 0.15) is 0 Å². The van der Waals surface area contributed by atoms with E-state index in [-0.39, 0.29) is 0 Å². The SMILES string of the molecule is Nc1ccc2cc(C#CCCCl)ccc2c1. The van der Waals surface area contributed by atoms with Gasteiger partial charge in [-0.1, -0.05) is 24.0 Å². The summed E-state index contributed by atoms with van der Waals surface area (Å²) in [6.07, 6.45) is 0.724. The van der Waals surface area contributed by atoms with E-state index in [0.29, 0.717) is 5.88 Å². The van der Waals surface area contributed by atoms with E-state index in [9.17, 15) is 0 Å². The maximum Gasteiger partial charge on any atom is 0.0333 e. The lowest BCUT2D eigenvalue weighted by Crippen LogP contribution is -1.84. The van der Waals surface area contributed by atoms with Crippen molar-refractivity contribution >= 4 is 28.1 Å². The van der Waals surface area contributed by atoms with Crippen LogP contribution in [0, 0.1) is 11.8 Å². The van der Waals surface area contributed by atoms with Crippen molar-refractivity contribution in [2.45, 2.75) is 6.42 Å². The number of fused-ring (bicyclic) bond motifs is 1. The molecule has 2 N–H and O–H groups in total. The van der Waals surface area contributed by atoms with Crippen LogP contribution in [-0.2, 0) is 0 Å². The van der Waals surface area contributed by atoms with Gasteiger partial charge in [0.05, 0.1) is 0 Å². The summed E-state index contributed by atoms with van der Waals surface area (Å²) in [7, 11) is 0. The van der Waals surface area contributed by atoms with Gasteiger partial charge in [-0.05, 0) is 35.0 Å². The largest absolute Gasteiger partial charge is 0.399 e. The van der Waals surface area contributed by atoms with Gasteiger partial charge in [0.25, 0.3) is 0 Å². The van der Waals surface area contributed by atoms with Crippen LogP contribution in [0.25, 0.3) is 10.8 Å². The molecule has 0 aliphatic rings. The van der Waals surface area contributed by atoms with E-state index in [2.05, 4.69) is 17.9 Å². The van der Waals surface area contributed by atoms with Gasteiger partial charge in [0, 0.05) is 23.6 Å². The minimum absolute atomic E-state index is 0.580. The van der Waals surface area contributed by atoms with Gasteiger partial charge in [0.15, 0.2) is 0 Å². The fourth-order valence-electron chi connectivity index (χ4n) is 1.55. The number of nitrogen functional groups attached to an aromatic ring is 1. The van der Waals surface area contributed by atoms with Gasteiger partial charge in [-0.2, -0.15) is 0 Å². The zero-order valence-electron chi connectivity index (χ0n) is 8.83. The fraction of sp³-hybridized carbons (Fsp3) is 0.143. The highest BCUT2D eigenvalue weighted by molar-refractivity contribution is 6.18. The van der Waals surface area contributed by atoms with Crippen LogP contribution in [0.3, 0.4) is 0 Å². The van der Waals surface area contributed by atoms with Crippen molar-refractivity contribution in [1.29, 1.82) is 0 Å². The number of hydrogen-bond donors (Lipinski definition) is 1. The predicted molar refractivity (Wildman–Crippen MR) is 70.6 cm³/mol. The Morgan fingerprint density at radius 1 is 1.06 bits per heavy atom. The molecule has 2 aromatic carbocycles. The number of anilines is 1. The molecule has 0 spiro atoms. The first kappa shape index (κ1) is 10.9. The lowest BCUT2D eigenvalue weighted by atomic mass is 10.1. The third-order valence-corrected chi connectivity index (χ3v) is 2.51. The molecular formula is C14H12ClN. The molecule has 0 atom stereocenters. The van der Waals surface area contributed by atoms with Gasteiger partial charge >= 0.3 is 0 Å². The average molecular weight is 230 g/mol. The number of alkyl halides is 1. The van der Waals surface area contributed by atoms with Crippen molar-refractivity contribution in [3.63, 3.8) is 0 Å². The molecule has 0 unspecified atom stereocenters. The molecule has 0 fully saturated rings. The standard InChI is InChI=1S/C14H12ClN/c15-8-2-1-3-11-4-5-13-10-14(16)7-6-12(13)9-11/h4-7,9-10H,2,8,16H2. The number of hydrogen-bond acceptors (Lipinski definition) is 1. The maximum atomic E-state index is 5.72. The third kappa shape index (κ3) is 2.48. The molecule has 16 heavy (non-hydrogen) atoms. The van der Waals surface area contributed by atoms with Crippen molar-refractivity contribution in [2.24, 2.45) is 0 Å². The third-order valence-electron chi connectivity index (χ3n) is 2.32. The molecule has 2 rings (SSSR count). The molecule has 2 aromatic rings. The Hall–Kier alpha value is -1.65. The quantitative estimate of drug-likeness (QED) is 0.453. The number of halogens is 1. The second kappa shape index (κ2) is 4.92. The minimum Gasteiger partial charge on any atom is -0.399 e. The highest BCUT2D eigenvalue weighted by Crippen LogP contribution is 2.18. The molecule has 0 bridgehead atoms. The van der Waals surface area contributed by atoms with E-state index in [4.69, 9.17) is 17.3 Å². The highest BCUT2D eigenvalue weighted by Gasteiger charge is 1.94. The van der Waals surface area contributed by atoms with Crippen LogP contribution < -0.4 is 5.73 Å². The molecule has 2 heteroatoms. The van der Waals surface area contributed by atoms with Crippen LogP contribution in [0.2, 0.25) is 0 Å². The topological polar surface area (TPSA) is 26.0 Å². The summed E-state index contributed by atoms with van der Waals surface area (Å²) in [5.74, 6) is 6.69. The van der Waals surface area contributed by atoms with E-state index in [1.807, 2.05) is 30.3 Å². The van der Waals surface area contributed by atoms with Gasteiger partial charge in [0.2, 0.25) is 0 Å². The van der Waals surface area contributed by atoms with Gasteiger partial charge in [-0.3, -0.25) is 0 Å². The molecule has 0 aliphatic heterocycles. The van der Waals surface area contributed by atoms with Gasteiger partial charge < -0.3 is 5.73 Å². The molecule has 0 radical (unpaired) electrons. The van der Waals surface area contributed by atoms with E-state index < -0.39 is 0 Å². The number of rotatable bonds is 1. The van der Waals surface area contributed by atoms with Crippen LogP contribution in [0.4, 0.5) is 5.69 Å². The fourth-order valence-corrected chi connectivity index (χ4v) is 1.65. The van der Waals surface area contributed by atoms with Crippen molar-refractivity contribution in [3.8, 4) is 11.8 Å². The first-order valence-corrected chi connectivity index (χ1v) is 5.67. The summed E-state index contributed by atoms with van der Waals surface area (Å²) in [5.41, 5.74) is 7.52. The van der Waals surface area contributed by atoms with E-state index in [0.717, 1.165) is 28.4 Å². The van der Waals surface area contributed by atoms with Crippen LogP contribution in [0.5, 0.6) is 0 Å². The Kier molecular flexibility index (Phi) is 3.34.